The van der Waals surface area contributed by atoms with E-state index in [9.17, 15) is 0 Å². The van der Waals surface area contributed by atoms with Gasteiger partial charge in [-0.15, -0.1) is 0 Å². The number of nitrogens with one attached hydrogen (secondary N) is 1. The number of pyridine rings is 1. The van der Waals surface area contributed by atoms with Crippen LogP contribution < -0.4 is 5.32 Å². The minimum absolute atomic E-state index is 0.558. The van der Waals surface area contributed by atoms with Crippen molar-refractivity contribution in [2.75, 3.05) is 6.54 Å². The van der Waals surface area contributed by atoms with E-state index in [1.54, 1.807) is 0 Å². The summed E-state index contributed by atoms with van der Waals surface area (Å²) >= 11 is 0. The molecule has 2 heterocycles. The Balaban J connectivity index is 1.57. The minimum atomic E-state index is 0.558. The fourth-order valence-electron chi connectivity index (χ4n) is 2.58. The van der Waals surface area contributed by atoms with Crippen molar-refractivity contribution in [2.45, 2.75) is 20.0 Å². The van der Waals surface area contributed by atoms with Gasteiger partial charge in [0.15, 0.2) is 0 Å². The Bertz CT molecular complexity index is 686. The largest absolute Gasteiger partial charge is 0.337 e. The normalized spacial score (nSPS) is 12.6. The molecule has 0 aliphatic heterocycles. The van der Waals surface area contributed by atoms with Gasteiger partial charge < -0.3 is 9.88 Å². The number of hydrogen-bond donors (Lipinski definition) is 1. The van der Waals surface area contributed by atoms with Crippen molar-refractivity contribution in [1.82, 2.24) is 19.9 Å². The van der Waals surface area contributed by atoms with E-state index in [1.807, 2.05) is 31.0 Å². The number of benzene rings is 1. The lowest BCUT2D eigenvalue weighted by atomic mass is 10.1. The highest BCUT2D eigenvalue weighted by molar-refractivity contribution is 5.81. The molecule has 1 atom stereocenters. The molecule has 4 nitrogen and oxygen atoms in total. The molecule has 1 aromatic carbocycles. The van der Waals surface area contributed by atoms with Crippen LogP contribution in [0.5, 0.6) is 0 Å². The summed E-state index contributed by atoms with van der Waals surface area (Å²) in [4.78, 5) is 8.56. The summed E-state index contributed by atoms with van der Waals surface area (Å²) in [5, 5.41) is 4.73. The summed E-state index contributed by atoms with van der Waals surface area (Å²) in [5.74, 6) is 0.558. The third-order valence-electron chi connectivity index (χ3n) is 3.61. The molecule has 4 heteroatoms. The quantitative estimate of drug-likeness (QED) is 0.755. The van der Waals surface area contributed by atoms with Crippen molar-refractivity contribution in [3.05, 3.63) is 60.8 Å². The molecule has 0 spiro atoms. The molecule has 0 aliphatic rings. The van der Waals surface area contributed by atoms with Crippen molar-refractivity contribution in [3.8, 4) is 0 Å². The topological polar surface area (TPSA) is 42.7 Å². The van der Waals surface area contributed by atoms with E-state index in [1.165, 1.54) is 10.9 Å². The number of rotatable bonds is 6. The molecule has 0 amide bonds. The van der Waals surface area contributed by atoms with Crippen LogP contribution in [-0.4, -0.2) is 21.1 Å². The van der Waals surface area contributed by atoms with Gasteiger partial charge in [-0.3, -0.25) is 4.98 Å². The first kappa shape index (κ1) is 13.8. The predicted molar refractivity (Wildman–Crippen MR) is 84.8 cm³/mol. The van der Waals surface area contributed by atoms with Crippen LogP contribution in [0, 0.1) is 5.92 Å². The van der Waals surface area contributed by atoms with Crippen LogP contribution in [0.25, 0.3) is 10.9 Å². The van der Waals surface area contributed by atoms with Crippen LogP contribution in [0.3, 0.4) is 0 Å². The van der Waals surface area contributed by atoms with Gasteiger partial charge in [0.1, 0.15) is 0 Å². The average molecular weight is 280 g/mol. The van der Waals surface area contributed by atoms with Crippen LogP contribution in [0.1, 0.15) is 12.5 Å². The minimum Gasteiger partial charge on any atom is -0.337 e. The monoisotopic (exact) mass is 280 g/mol. The summed E-state index contributed by atoms with van der Waals surface area (Å²) in [6.07, 6.45) is 7.55. The van der Waals surface area contributed by atoms with E-state index in [0.29, 0.717) is 5.92 Å². The van der Waals surface area contributed by atoms with Crippen molar-refractivity contribution in [3.63, 3.8) is 0 Å². The highest BCUT2D eigenvalue weighted by Crippen LogP contribution is 2.15. The van der Waals surface area contributed by atoms with E-state index in [4.69, 9.17) is 0 Å². The first-order valence-corrected chi connectivity index (χ1v) is 7.32. The zero-order chi connectivity index (χ0) is 14.5. The van der Waals surface area contributed by atoms with E-state index in [2.05, 4.69) is 51.0 Å². The van der Waals surface area contributed by atoms with Gasteiger partial charge >= 0.3 is 0 Å². The molecule has 0 fully saturated rings. The zero-order valence-electron chi connectivity index (χ0n) is 12.2. The molecule has 3 rings (SSSR count). The molecule has 108 valence electrons. The Morgan fingerprint density at radius 3 is 2.95 bits per heavy atom. The van der Waals surface area contributed by atoms with E-state index in [-0.39, 0.29) is 0 Å². The molecule has 1 unspecified atom stereocenters. The maximum absolute atomic E-state index is 4.49. The first-order valence-electron chi connectivity index (χ1n) is 7.32. The molecule has 3 aromatic rings. The highest BCUT2D eigenvalue weighted by atomic mass is 15.0. The second-order valence-electron chi connectivity index (χ2n) is 5.49. The van der Waals surface area contributed by atoms with Gasteiger partial charge in [0, 0.05) is 37.1 Å². The van der Waals surface area contributed by atoms with Crippen molar-refractivity contribution in [2.24, 2.45) is 5.92 Å². The number of nitrogens with zero attached hydrogens (tertiary/aromatic N) is 3. The van der Waals surface area contributed by atoms with Crippen molar-refractivity contribution >= 4 is 10.9 Å². The third-order valence-corrected chi connectivity index (χ3v) is 3.61. The molecular weight excluding hydrogens is 260 g/mol. The Morgan fingerprint density at radius 2 is 2.10 bits per heavy atom. The maximum atomic E-state index is 4.49. The highest BCUT2D eigenvalue weighted by Gasteiger charge is 2.05. The lowest BCUT2D eigenvalue weighted by Gasteiger charge is -2.13. The van der Waals surface area contributed by atoms with E-state index >= 15 is 0 Å². The zero-order valence-corrected chi connectivity index (χ0v) is 12.2. The Hall–Kier alpha value is -2.20. The van der Waals surface area contributed by atoms with Crippen LogP contribution in [0.4, 0.5) is 0 Å². The number of hydrogen-bond acceptors (Lipinski definition) is 3. The van der Waals surface area contributed by atoms with E-state index < -0.39 is 0 Å². The summed E-state index contributed by atoms with van der Waals surface area (Å²) in [5.41, 5.74) is 2.35. The summed E-state index contributed by atoms with van der Waals surface area (Å²) in [6.45, 7) is 5.05. The van der Waals surface area contributed by atoms with Gasteiger partial charge in [0.25, 0.3) is 0 Å². The summed E-state index contributed by atoms with van der Waals surface area (Å²) in [7, 11) is 0. The predicted octanol–water partition coefficient (Wildman–Crippen LogP) is 2.86. The maximum Gasteiger partial charge on any atom is 0.0946 e. The number of fused-ring (bicyclic) bond motifs is 1. The van der Waals surface area contributed by atoms with Gasteiger partial charge in [0.2, 0.25) is 0 Å². The van der Waals surface area contributed by atoms with Gasteiger partial charge in [0.05, 0.1) is 11.8 Å². The fraction of sp³-hybridized carbons (Fsp3) is 0.294. The van der Waals surface area contributed by atoms with Crippen molar-refractivity contribution in [1.29, 1.82) is 0 Å². The van der Waals surface area contributed by atoms with Gasteiger partial charge in [-0.1, -0.05) is 31.2 Å². The fourth-order valence-corrected chi connectivity index (χ4v) is 2.58. The number of aromatic nitrogens is 3. The van der Waals surface area contributed by atoms with Crippen LogP contribution in [-0.2, 0) is 13.1 Å². The molecular formula is C17H20N4. The van der Waals surface area contributed by atoms with Crippen molar-refractivity contribution < 1.29 is 0 Å². The molecule has 0 radical (unpaired) electrons. The molecule has 2 aromatic heterocycles. The van der Waals surface area contributed by atoms with Crippen LogP contribution in [0.2, 0.25) is 0 Å². The smallest absolute Gasteiger partial charge is 0.0946 e. The van der Waals surface area contributed by atoms with Crippen LogP contribution in [0.15, 0.2) is 55.2 Å². The first-order chi connectivity index (χ1) is 10.3. The van der Waals surface area contributed by atoms with Gasteiger partial charge in [-0.25, -0.2) is 4.98 Å². The number of imidazole rings is 1. The second kappa shape index (κ2) is 6.50. The van der Waals surface area contributed by atoms with Gasteiger partial charge in [-0.2, -0.15) is 0 Å². The molecule has 0 saturated carbocycles. The Kier molecular flexibility index (Phi) is 4.26. The molecule has 0 bridgehead atoms. The standard InChI is InChI=1S/C17H20N4/c1-14(12-21-9-8-18-13-21)10-19-11-16-5-2-4-15-6-3-7-20-17(15)16/h2-9,13-14,19H,10-12H2,1H3. The average Bonchev–Trinajstić information content (AvgIpc) is 3.00. The number of para-hydroxylation sites is 1. The van der Waals surface area contributed by atoms with Crippen LogP contribution >= 0.6 is 0 Å². The summed E-state index contributed by atoms with van der Waals surface area (Å²) < 4.78 is 2.12. The molecule has 0 saturated heterocycles. The Labute approximate surface area is 124 Å². The summed E-state index contributed by atoms with van der Waals surface area (Å²) in [6, 6.07) is 10.4. The lowest BCUT2D eigenvalue weighted by molar-refractivity contribution is 0.445. The molecule has 1 N–H and O–H groups in total. The molecule has 21 heavy (non-hydrogen) atoms. The second-order valence-corrected chi connectivity index (χ2v) is 5.49. The van der Waals surface area contributed by atoms with E-state index in [0.717, 1.165) is 25.2 Å². The SMILES string of the molecule is CC(CNCc1cccc2cccnc12)Cn1ccnc1. The Morgan fingerprint density at radius 1 is 1.19 bits per heavy atom. The van der Waals surface area contributed by atoms with Gasteiger partial charge in [-0.05, 0) is 24.1 Å². The third kappa shape index (κ3) is 3.47. The molecule has 0 aliphatic carbocycles. The lowest BCUT2D eigenvalue weighted by Crippen LogP contribution is -2.23.